The standard InChI is InChI=1S/C22H24N4O3S2/c1-11-8-9-15(12(2)10-11)26-20(28)17-14-6-4-5-7-16(14)31-19(17)25-22(26)30-13(3)18(27)24-21(23)29/h8-10,13H,4-7H2,1-3H3,(H3,23,24,27,29). The number of nitrogens with zero attached hydrogens (tertiary/aromatic N) is 2. The van der Waals surface area contributed by atoms with Gasteiger partial charge in [-0.15, -0.1) is 11.3 Å². The molecule has 0 saturated carbocycles. The summed E-state index contributed by atoms with van der Waals surface area (Å²) in [6, 6.07) is 4.99. The number of primary amides is 1. The Morgan fingerprint density at radius 1 is 1.26 bits per heavy atom. The predicted molar refractivity (Wildman–Crippen MR) is 124 cm³/mol. The zero-order valence-corrected chi connectivity index (χ0v) is 19.3. The molecule has 162 valence electrons. The van der Waals surface area contributed by atoms with Gasteiger partial charge in [0.05, 0.1) is 16.3 Å². The fraction of sp³-hybridized carbons (Fsp3) is 0.364. The first-order valence-electron chi connectivity index (χ1n) is 10.2. The lowest BCUT2D eigenvalue weighted by atomic mass is 9.97. The number of thioether (sulfide) groups is 1. The van der Waals surface area contributed by atoms with Crippen molar-refractivity contribution in [2.45, 2.75) is 56.9 Å². The van der Waals surface area contributed by atoms with Gasteiger partial charge in [-0.25, -0.2) is 9.78 Å². The first kappa shape index (κ1) is 21.6. The minimum Gasteiger partial charge on any atom is -0.351 e. The topological polar surface area (TPSA) is 107 Å². The molecule has 9 heteroatoms. The molecule has 0 radical (unpaired) electrons. The van der Waals surface area contributed by atoms with E-state index >= 15 is 0 Å². The van der Waals surface area contributed by atoms with E-state index in [1.165, 1.54) is 4.88 Å². The zero-order chi connectivity index (χ0) is 22.3. The van der Waals surface area contributed by atoms with E-state index in [9.17, 15) is 14.4 Å². The number of imide groups is 1. The molecular formula is C22H24N4O3S2. The van der Waals surface area contributed by atoms with E-state index in [1.54, 1.807) is 22.8 Å². The molecule has 0 spiro atoms. The van der Waals surface area contributed by atoms with Crippen molar-refractivity contribution in [2.75, 3.05) is 0 Å². The number of rotatable bonds is 4. The summed E-state index contributed by atoms with van der Waals surface area (Å²) in [7, 11) is 0. The lowest BCUT2D eigenvalue weighted by Gasteiger charge is -2.17. The smallest absolute Gasteiger partial charge is 0.318 e. The monoisotopic (exact) mass is 456 g/mol. The molecule has 0 aliphatic heterocycles. The van der Waals surface area contributed by atoms with Gasteiger partial charge in [0.15, 0.2) is 5.16 Å². The van der Waals surface area contributed by atoms with Crippen LogP contribution in [-0.4, -0.2) is 26.7 Å². The zero-order valence-electron chi connectivity index (χ0n) is 17.7. The maximum Gasteiger partial charge on any atom is 0.318 e. The quantitative estimate of drug-likeness (QED) is 0.461. The highest BCUT2D eigenvalue weighted by Crippen LogP contribution is 2.36. The fourth-order valence-electron chi connectivity index (χ4n) is 3.97. The van der Waals surface area contributed by atoms with Crippen molar-refractivity contribution in [2.24, 2.45) is 5.73 Å². The summed E-state index contributed by atoms with van der Waals surface area (Å²) >= 11 is 2.71. The van der Waals surface area contributed by atoms with E-state index < -0.39 is 17.2 Å². The summed E-state index contributed by atoms with van der Waals surface area (Å²) in [5.41, 5.74) is 8.88. The Kier molecular flexibility index (Phi) is 5.90. The van der Waals surface area contributed by atoms with Crippen molar-refractivity contribution >= 4 is 45.3 Å². The summed E-state index contributed by atoms with van der Waals surface area (Å²) in [6.07, 6.45) is 4.06. The number of fused-ring (bicyclic) bond motifs is 3. The molecule has 2 aromatic heterocycles. The minimum atomic E-state index is -0.904. The second kappa shape index (κ2) is 8.47. The molecule has 1 aliphatic rings. The number of nitrogens with two attached hydrogens (primary N) is 1. The number of carbonyl (C=O) groups is 2. The molecule has 0 bridgehead atoms. The predicted octanol–water partition coefficient (Wildman–Crippen LogP) is 3.62. The van der Waals surface area contributed by atoms with Crippen LogP contribution in [0.4, 0.5) is 4.79 Å². The lowest BCUT2D eigenvalue weighted by Crippen LogP contribution is -2.39. The number of benzene rings is 1. The van der Waals surface area contributed by atoms with Crippen molar-refractivity contribution in [3.8, 4) is 5.69 Å². The Hall–Kier alpha value is -2.65. The molecule has 0 fully saturated rings. The van der Waals surface area contributed by atoms with E-state index in [2.05, 4.69) is 5.32 Å². The number of amides is 3. The third kappa shape index (κ3) is 4.12. The average molecular weight is 457 g/mol. The summed E-state index contributed by atoms with van der Waals surface area (Å²) in [5.74, 6) is -0.524. The number of thiophene rings is 1. The molecular weight excluding hydrogens is 432 g/mol. The van der Waals surface area contributed by atoms with E-state index in [1.807, 2.05) is 32.0 Å². The highest BCUT2D eigenvalue weighted by molar-refractivity contribution is 8.00. The molecule has 3 aromatic rings. The third-order valence-electron chi connectivity index (χ3n) is 5.45. The number of urea groups is 1. The second-order valence-electron chi connectivity index (χ2n) is 7.83. The highest BCUT2D eigenvalue weighted by Gasteiger charge is 2.25. The van der Waals surface area contributed by atoms with Crippen LogP contribution >= 0.6 is 23.1 Å². The molecule has 7 nitrogen and oxygen atoms in total. The Labute approximate surface area is 188 Å². The van der Waals surface area contributed by atoms with Gasteiger partial charge in [-0.3, -0.25) is 19.5 Å². The van der Waals surface area contributed by atoms with Crippen molar-refractivity contribution in [3.05, 3.63) is 50.1 Å². The highest BCUT2D eigenvalue weighted by atomic mass is 32.2. The van der Waals surface area contributed by atoms with Crippen molar-refractivity contribution in [1.29, 1.82) is 0 Å². The largest absolute Gasteiger partial charge is 0.351 e. The Balaban J connectivity index is 1.92. The molecule has 4 rings (SSSR count). The fourth-order valence-corrected chi connectivity index (χ4v) is 6.19. The van der Waals surface area contributed by atoms with Crippen molar-refractivity contribution < 1.29 is 9.59 Å². The number of hydrogen-bond donors (Lipinski definition) is 2. The van der Waals surface area contributed by atoms with Gasteiger partial charge in [-0.1, -0.05) is 29.5 Å². The van der Waals surface area contributed by atoms with Crippen LogP contribution in [0.3, 0.4) is 0 Å². The van der Waals surface area contributed by atoms with Crippen LogP contribution in [0, 0.1) is 13.8 Å². The van der Waals surface area contributed by atoms with Gasteiger partial charge >= 0.3 is 6.03 Å². The Morgan fingerprint density at radius 2 is 2.00 bits per heavy atom. The molecule has 3 amide bonds. The Bertz CT molecular complexity index is 1260. The van der Waals surface area contributed by atoms with Crippen molar-refractivity contribution in [1.82, 2.24) is 14.9 Å². The third-order valence-corrected chi connectivity index (χ3v) is 7.69. The number of hydrogen-bond acceptors (Lipinski definition) is 6. The van der Waals surface area contributed by atoms with Crippen LogP contribution in [-0.2, 0) is 17.6 Å². The van der Waals surface area contributed by atoms with E-state index in [0.29, 0.717) is 15.4 Å². The van der Waals surface area contributed by atoms with Gasteiger partial charge in [0.2, 0.25) is 5.91 Å². The van der Waals surface area contributed by atoms with Crippen molar-refractivity contribution in [3.63, 3.8) is 0 Å². The molecule has 1 atom stereocenters. The van der Waals surface area contributed by atoms with E-state index in [-0.39, 0.29) is 5.56 Å². The number of carbonyl (C=O) groups excluding carboxylic acids is 2. The van der Waals surface area contributed by atoms with E-state index in [4.69, 9.17) is 10.7 Å². The normalized spacial score (nSPS) is 14.3. The van der Waals surface area contributed by atoms with Crippen LogP contribution in [0.25, 0.3) is 15.9 Å². The summed E-state index contributed by atoms with van der Waals surface area (Å²) in [6.45, 7) is 5.62. The van der Waals surface area contributed by atoms with Gasteiger partial charge in [-0.05, 0) is 63.6 Å². The van der Waals surface area contributed by atoms with Crippen LogP contribution in [0.15, 0.2) is 28.2 Å². The lowest BCUT2D eigenvalue weighted by molar-refractivity contribution is -0.119. The summed E-state index contributed by atoms with van der Waals surface area (Å²) in [5, 5.41) is 2.55. The van der Waals surface area contributed by atoms with Gasteiger partial charge in [0, 0.05) is 4.88 Å². The Morgan fingerprint density at radius 3 is 2.71 bits per heavy atom. The van der Waals surface area contributed by atoms with Crippen LogP contribution in [0.1, 0.15) is 41.3 Å². The maximum absolute atomic E-state index is 13.8. The summed E-state index contributed by atoms with van der Waals surface area (Å²) < 4.78 is 1.61. The number of aromatic nitrogens is 2. The van der Waals surface area contributed by atoms with Crippen LogP contribution < -0.4 is 16.6 Å². The number of nitrogens with one attached hydrogen (secondary N) is 1. The van der Waals surface area contributed by atoms with Crippen LogP contribution in [0.5, 0.6) is 0 Å². The summed E-state index contributed by atoms with van der Waals surface area (Å²) in [4.78, 5) is 43.9. The molecule has 1 aromatic carbocycles. The van der Waals surface area contributed by atoms with E-state index in [0.717, 1.165) is 59.8 Å². The first-order chi connectivity index (χ1) is 14.8. The van der Waals surface area contributed by atoms with Gasteiger partial charge in [0.25, 0.3) is 5.56 Å². The molecule has 0 saturated heterocycles. The second-order valence-corrected chi connectivity index (χ2v) is 10.2. The minimum absolute atomic E-state index is 0.110. The molecule has 1 unspecified atom stereocenters. The molecule has 1 aliphatic carbocycles. The molecule has 31 heavy (non-hydrogen) atoms. The van der Waals surface area contributed by atoms with Gasteiger partial charge in [0.1, 0.15) is 4.83 Å². The average Bonchev–Trinajstić information content (AvgIpc) is 3.07. The molecule has 3 N–H and O–H groups in total. The maximum atomic E-state index is 13.8. The first-order valence-corrected chi connectivity index (χ1v) is 11.9. The number of aryl methyl sites for hydroxylation is 4. The molecule has 2 heterocycles. The van der Waals surface area contributed by atoms with Crippen LogP contribution in [0.2, 0.25) is 0 Å². The van der Waals surface area contributed by atoms with Gasteiger partial charge in [-0.2, -0.15) is 0 Å². The van der Waals surface area contributed by atoms with Gasteiger partial charge < -0.3 is 5.73 Å². The SMILES string of the molecule is Cc1ccc(-n2c(SC(C)C(=O)NC(N)=O)nc3sc4c(c3c2=O)CCCC4)c(C)c1.